The number of nitrogens with one attached hydrogen (secondary N) is 2. The van der Waals surface area contributed by atoms with E-state index in [4.69, 9.17) is 4.52 Å². The summed E-state index contributed by atoms with van der Waals surface area (Å²) in [5.41, 5.74) is 1.50. The number of nitrogens with zero attached hydrogens (tertiary/aromatic N) is 2. The van der Waals surface area contributed by atoms with Crippen LogP contribution >= 0.6 is 11.3 Å². The van der Waals surface area contributed by atoms with Crippen LogP contribution in [0.25, 0.3) is 10.7 Å². The van der Waals surface area contributed by atoms with Crippen molar-refractivity contribution in [2.45, 2.75) is 11.3 Å². The Labute approximate surface area is 188 Å². The van der Waals surface area contributed by atoms with Crippen LogP contribution in [-0.4, -0.2) is 31.8 Å². The van der Waals surface area contributed by atoms with Crippen LogP contribution in [0.2, 0.25) is 0 Å². The van der Waals surface area contributed by atoms with E-state index in [1.165, 1.54) is 42.7 Å². The van der Waals surface area contributed by atoms with E-state index in [0.29, 0.717) is 28.7 Å². The Hall–Kier alpha value is -3.70. The van der Waals surface area contributed by atoms with Crippen molar-refractivity contribution in [3.05, 3.63) is 77.5 Å². The molecule has 0 radical (unpaired) electrons. The van der Waals surface area contributed by atoms with Crippen LogP contribution in [0.5, 0.6) is 0 Å². The molecular formula is C21H18N4O5S2. The number of para-hydroxylation sites is 1. The summed E-state index contributed by atoms with van der Waals surface area (Å²) in [6.07, 6.45) is -0.380. The molecule has 0 unspecified atom stereocenters. The number of hydrogen-bond donors (Lipinski definition) is 2. The Bertz CT molecular complexity index is 1320. The smallest absolute Gasteiger partial charge is 0.411 e. The van der Waals surface area contributed by atoms with Crippen molar-refractivity contribution >= 4 is 38.8 Å². The predicted molar refractivity (Wildman–Crippen MR) is 120 cm³/mol. The third kappa shape index (κ3) is 4.95. The van der Waals surface area contributed by atoms with E-state index in [-0.39, 0.29) is 11.3 Å². The van der Waals surface area contributed by atoms with Gasteiger partial charge in [0.05, 0.1) is 29.0 Å². The minimum Gasteiger partial charge on any atom is -0.453 e. The monoisotopic (exact) mass is 470 g/mol. The molecule has 0 bridgehead atoms. The maximum Gasteiger partial charge on any atom is 0.411 e. The number of sulfonamides is 1. The van der Waals surface area contributed by atoms with Gasteiger partial charge in [-0.3, -0.25) is 10.0 Å². The number of ether oxygens (including phenoxy) is 1. The fourth-order valence-corrected chi connectivity index (χ4v) is 4.61. The molecule has 2 N–H and O–H groups in total. The molecular weight excluding hydrogens is 452 g/mol. The summed E-state index contributed by atoms with van der Waals surface area (Å²) in [5, 5.41) is 8.38. The van der Waals surface area contributed by atoms with Gasteiger partial charge in [-0.15, -0.1) is 11.3 Å². The highest BCUT2D eigenvalue weighted by Gasteiger charge is 2.18. The van der Waals surface area contributed by atoms with Gasteiger partial charge in [-0.25, -0.2) is 13.2 Å². The molecule has 2 aromatic heterocycles. The number of methoxy groups -OCH3 is 1. The first kappa shape index (κ1) is 21.5. The van der Waals surface area contributed by atoms with E-state index in [1.54, 1.807) is 24.3 Å². The number of aromatic nitrogens is 2. The van der Waals surface area contributed by atoms with Gasteiger partial charge < -0.3 is 9.26 Å². The zero-order chi connectivity index (χ0) is 22.6. The van der Waals surface area contributed by atoms with Gasteiger partial charge in [0.25, 0.3) is 10.0 Å². The molecule has 4 rings (SSSR count). The molecule has 164 valence electrons. The number of benzene rings is 2. The van der Waals surface area contributed by atoms with E-state index < -0.39 is 16.1 Å². The average molecular weight is 471 g/mol. The lowest BCUT2D eigenvalue weighted by Gasteiger charge is -2.12. The van der Waals surface area contributed by atoms with E-state index in [9.17, 15) is 13.2 Å². The first-order valence-electron chi connectivity index (χ1n) is 9.37. The van der Waals surface area contributed by atoms with Gasteiger partial charge in [0, 0.05) is 5.69 Å². The number of amides is 1. The quantitative estimate of drug-likeness (QED) is 0.411. The number of anilines is 2. The number of carbonyl (C=O) groups is 1. The second-order valence-corrected chi connectivity index (χ2v) is 9.20. The Morgan fingerprint density at radius 2 is 1.88 bits per heavy atom. The summed E-state index contributed by atoms with van der Waals surface area (Å²) < 4.78 is 38.2. The summed E-state index contributed by atoms with van der Waals surface area (Å²) >= 11 is 1.50. The van der Waals surface area contributed by atoms with Crippen LogP contribution < -0.4 is 10.0 Å². The Kier molecular flexibility index (Phi) is 6.19. The topological polar surface area (TPSA) is 123 Å². The van der Waals surface area contributed by atoms with Crippen molar-refractivity contribution < 1.29 is 22.5 Å². The van der Waals surface area contributed by atoms with Crippen LogP contribution in [-0.2, 0) is 21.2 Å². The van der Waals surface area contributed by atoms with Gasteiger partial charge in [0.2, 0.25) is 11.7 Å². The average Bonchev–Trinajstić information content (AvgIpc) is 3.47. The Morgan fingerprint density at radius 1 is 1.09 bits per heavy atom. The predicted octanol–water partition coefficient (Wildman–Crippen LogP) is 4.37. The van der Waals surface area contributed by atoms with Crippen LogP contribution in [0.1, 0.15) is 11.5 Å². The Balaban J connectivity index is 1.52. The highest BCUT2D eigenvalue weighted by atomic mass is 32.2. The molecule has 2 aromatic carbocycles. The van der Waals surface area contributed by atoms with Crippen LogP contribution in [0, 0.1) is 0 Å². The summed E-state index contributed by atoms with van der Waals surface area (Å²) in [6, 6.07) is 16.5. The zero-order valence-corrected chi connectivity index (χ0v) is 18.4. The lowest BCUT2D eigenvalue weighted by Crippen LogP contribution is -2.15. The van der Waals surface area contributed by atoms with Crippen molar-refractivity contribution in [1.82, 2.24) is 10.1 Å². The van der Waals surface area contributed by atoms with Gasteiger partial charge in [-0.1, -0.05) is 29.4 Å². The maximum atomic E-state index is 12.9. The van der Waals surface area contributed by atoms with E-state index in [0.717, 1.165) is 4.88 Å². The zero-order valence-electron chi connectivity index (χ0n) is 16.8. The highest BCUT2D eigenvalue weighted by Crippen LogP contribution is 2.25. The first-order chi connectivity index (χ1) is 15.4. The minimum atomic E-state index is -3.87. The molecule has 0 aliphatic carbocycles. The van der Waals surface area contributed by atoms with Crippen molar-refractivity contribution in [1.29, 1.82) is 0 Å². The summed E-state index contributed by atoms with van der Waals surface area (Å²) in [4.78, 5) is 16.6. The summed E-state index contributed by atoms with van der Waals surface area (Å²) in [5.74, 6) is 0.868. The normalized spacial score (nSPS) is 11.2. The first-order valence-corrected chi connectivity index (χ1v) is 11.7. The van der Waals surface area contributed by atoms with Crippen LogP contribution in [0.4, 0.5) is 16.2 Å². The lowest BCUT2D eigenvalue weighted by molar-refractivity contribution is 0.187. The lowest BCUT2D eigenvalue weighted by atomic mass is 10.1. The SMILES string of the molecule is COC(=O)Nc1ccc(S(=O)(=O)Nc2ccccc2Cc2nc(-c3cccs3)no2)cc1. The molecule has 0 atom stereocenters. The molecule has 0 saturated carbocycles. The largest absolute Gasteiger partial charge is 0.453 e. The van der Waals surface area contributed by atoms with Gasteiger partial charge in [0.1, 0.15) is 0 Å². The van der Waals surface area contributed by atoms with Crippen molar-refractivity contribution in [3.63, 3.8) is 0 Å². The van der Waals surface area contributed by atoms with E-state index in [2.05, 4.69) is 24.9 Å². The fourth-order valence-electron chi connectivity index (χ4n) is 2.86. The molecule has 0 spiro atoms. The molecule has 0 saturated heterocycles. The number of hydrogen-bond acceptors (Lipinski definition) is 8. The molecule has 1 amide bonds. The summed E-state index contributed by atoms with van der Waals surface area (Å²) in [6.45, 7) is 0. The molecule has 11 heteroatoms. The third-order valence-electron chi connectivity index (χ3n) is 4.41. The number of thiophene rings is 1. The fraction of sp³-hybridized carbons (Fsp3) is 0.0952. The van der Waals surface area contributed by atoms with E-state index >= 15 is 0 Å². The second kappa shape index (κ2) is 9.20. The third-order valence-corrected chi connectivity index (χ3v) is 6.66. The number of carbonyl (C=O) groups excluding carboxylic acids is 1. The van der Waals surface area contributed by atoms with Crippen molar-refractivity contribution in [3.8, 4) is 10.7 Å². The summed E-state index contributed by atoms with van der Waals surface area (Å²) in [7, 11) is -2.63. The van der Waals surface area contributed by atoms with E-state index in [1.807, 2.05) is 17.5 Å². The minimum absolute atomic E-state index is 0.0421. The van der Waals surface area contributed by atoms with Gasteiger partial charge >= 0.3 is 6.09 Å². The van der Waals surface area contributed by atoms with Crippen LogP contribution in [0.15, 0.2) is 75.5 Å². The molecule has 0 aliphatic heterocycles. The second-order valence-electron chi connectivity index (χ2n) is 6.57. The molecule has 0 aliphatic rings. The molecule has 0 fully saturated rings. The van der Waals surface area contributed by atoms with Gasteiger partial charge in [-0.05, 0) is 47.3 Å². The highest BCUT2D eigenvalue weighted by molar-refractivity contribution is 7.92. The maximum absolute atomic E-state index is 12.9. The molecule has 32 heavy (non-hydrogen) atoms. The molecule has 9 nitrogen and oxygen atoms in total. The van der Waals surface area contributed by atoms with Gasteiger partial charge in [0.15, 0.2) is 0 Å². The van der Waals surface area contributed by atoms with Gasteiger partial charge in [-0.2, -0.15) is 4.98 Å². The molecule has 4 aromatic rings. The van der Waals surface area contributed by atoms with Crippen molar-refractivity contribution in [2.75, 3.05) is 17.1 Å². The Morgan fingerprint density at radius 3 is 2.59 bits per heavy atom. The molecule has 2 heterocycles. The number of rotatable bonds is 7. The van der Waals surface area contributed by atoms with Crippen LogP contribution in [0.3, 0.4) is 0 Å². The standard InChI is InChI=1S/C21H18N4O5S2/c1-29-21(26)22-15-8-10-16(11-9-15)32(27,28)25-17-6-3-2-5-14(17)13-19-23-20(24-30-19)18-7-4-12-31-18/h2-12,25H,13H2,1H3,(H,22,26). The van der Waals surface area contributed by atoms with Crippen molar-refractivity contribution in [2.24, 2.45) is 0 Å².